The van der Waals surface area contributed by atoms with Gasteiger partial charge in [0.05, 0.1) is 17.9 Å². The first-order valence-electron chi connectivity index (χ1n) is 12.3. The summed E-state index contributed by atoms with van der Waals surface area (Å²) in [6.07, 6.45) is -13.5. The Balaban J connectivity index is 1.98. The van der Waals surface area contributed by atoms with Gasteiger partial charge in [0.1, 0.15) is 6.54 Å². The van der Waals surface area contributed by atoms with Crippen LogP contribution in [0.2, 0.25) is 5.02 Å². The van der Waals surface area contributed by atoms with Crippen LogP contribution in [-0.2, 0) is 34.1 Å². The maximum Gasteiger partial charge on any atom is 0.416 e. The number of Topliss-reactive ketones (excluding diaryl/α,β-unsaturated/α-hetero) is 1. The summed E-state index contributed by atoms with van der Waals surface area (Å²) in [5, 5.41) is 13.8. The number of alkyl halides is 6. The summed E-state index contributed by atoms with van der Waals surface area (Å²) >= 11 is 5.85. The molecule has 0 saturated heterocycles. The van der Waals surface area contributed by atoms with Crippen LogP contribution in [0.4, 0.5) is 26.3 Å². The summed E-state index contributed by atoms with van der Waals surface area (Å²) in [6.45, 7) is -1.39. The standard InChI is InChI=1S/C25H25ClF6N4O5S/c1-2-42(40,41)33-12-16(19-5-3-4-6-20(19)24(27,28)29)11-18(37)13-36-23(39)35(14-21(38)25(30,31)32)22(34-36)15-7-9-17(26)10-8-15/h3-10,16,21,33,38H,2,11-14H2,1H3/t16?,21-/m0/s1. The molecular formula is C25H25ClF6N4O5S. The third kappa shape index (κ3) is 8.42. The number of carbonyl (C=O) groups is 1. The van der Waals surface area contributed by atoms with E-state index in [1.165, 1.54) is 37.3 Å². The Morgan fingerprint density at radius 1 is 1.07 bits per heavy atom. The van der Waals surface area contributed by atoms with Gasteiger partial charge in [0.15, 0.2) is 17.7 Å². The van der Waals surface area contributed by atoms with Crippen molar-refractivity contribution in [2.24, 2.45) is 0 Å². The first-order valence-corrected chi connectivity index (χ1v) is 14.3. The van der Waals surface area contributed by atoms with E-state index in [1.807, 2.05) is 0 Å². The zero-order chi connectivity index (χ0) is 31.5. The van der Waals surface area contributed by atoms with Gasteiger partial charge in [0, 0.05) is 29.5 Å². The summed E-state index contributed by atoms with van der Waals surface area (Å²) < 4.78 is 108. The Hall–Kier alpha value is -3.21. The van der Waals surface area contributed by atoms with Crippen LogP contribution >= 0.6 is 11.6 Å². The van der Waals surface area contributed by atoms with E-state index in [0.717, 1.165) is 18.2 Å². The number of benzene rings is 2. The summed E-state index contributed by atoms with van der Waals surface area (Å²) in [5.41, 5.74) is -2.53. The quantitative estimate of drug-likeness (QED) is 0.288. The molecule has 0 aliphatic heterocycles. The minimum absolute atomic E-state index is 0.128. The number of rotatable bonds is 12. The van der Waals surface area contributed by atoms with E-state index in [1.54, 1.807) is 0 Å². The highest BCUT2D eigenvalue weighted by Gasteiger charge is 2.40. The number of aliphatic hydroxyl groups is 1. The second-order valence-corrected chi connectivity index (χ2v) is 11.7. The molecule has 3 aromatic rings. The van der Waals surface area contributed by atoms with Crippen LogP contribution < -0.4 is 10.4 Å². The molecular weight excluding hydrogens is 618 g/mol. The number of halogens is 7. The van der Waals surface area contributed by atoms with Crippen LogP contribution in [0, 0.1) is 0 Å². The molecule has 2 atom stereocenters. The topological polar surface area (TPSA) is 123 Å². The smallest absolute Gasteiger partial charge is 0.382 e. The fraction of sp³-hybridized carbons (Fsp3) is 0.400. The third-order valence-electron chi connectivity index (χ3n) is 6.19. The fourth-order valence-corrected chi connectivity index (χ4v) is 4.82. The number of nitrogens with one attached hydrogen (secondary N) is 1. The molecule has 0 saturated carbocycles. The largest absolute Gasteiger partial charge is 0.416 e. The molecule has 0 bridgehead atoms. The SMILES string of the molecule is CCS(=O)(=O)NCC(CC(=O)Cn1nc(-c2ccc(Cl)cc2)n(C[C@H](O)C(F)(F)F)c1=O)c1ccccc1C(F)(F)F. The van der Waals surface area contributed by atoms with Crippen molar-refractivity contribution >= 4 is 27.4 Å². The molecule has 17 heteroatoms. The van der Waals surface area contributed by atoms with Gasteiger partial charge in [-0.05, 0) is 42.8 Å². The average molecular weight is 643 g/mol. The lowest BCUT2D eigenvalue weighted by molar-refractivity contribution is -0.207. The van der Waals surface area contributed by atoms with Crippen molar-refractivity contribution in [1.29, 1.82) is 0 Å². The van der Waals surface area contributed by atoms with Gasteiger partial charge in [-0.25, -0.2) is 22.6 Å². The first kappa shape index (κ1) is 33.3. The van der Waals surface area contributed by atoms with Crippen LogP contribution in [0.3, 0.4) is 0 Å². The highest BCUT2D eigenvalue weighted by molar-refractivity contribution is 7.89. The molecule has 0 spiro atoms. The van der Waals surface area contributed by atoms with Crippen molar-refractivity contribution in [3.05, 3.63) is 75.2 Å². The van der Waals surface area contributed by atoms with E-state index < -0.39 is 77.5 Å². The second-order valence-electron chi connectivity index (χ2n) is 9.22. The molecule has 1 unspecified atom stereocenters. The van der Waals surface area contributed by atoms with Crippen LogP contribution in [0.25, 0.3) is 11.4 Å². The molecule has 2 aromatic carbocycles. The lowest BCUT2D eigenvalue weighted by Gasteiger charge is -2.21. The van der Waals surface area contributed by atoms with Crippen LogP contribution in [0.1, 0.15) is 30.4 Å². The summed E-state index contributed by atoms with van der Waals surface area (Å²) in [7, 11) is -3.87. The van der Waals surface area contributed by atoms with E-state index in [2.05, 4.69) is 9.82 Å². The Labute approximate surface area is 240 Å². The van der Waals surface area contributed by atoms with Gasteiger partial charge in [-0.1, -0.05) is 29.8 Å². The number of sulfonamides is 1. The van der Waals surface area contributed by atoms with Gasteiger partial charge < -0.3 is 5.11 Å². The molecule has 0 aliphatic carbocycles. The normalized spacial score (nSPS) is 14.1. The number of ketones is 1. The Kier molecular flexibility index (Phi) is 10.3. The minimum Gasteiger partial charge on any atom is -0.382 e. The zero-order valence-corrected chi connectivity index (χ0v) is 23.4. The number of aromatic nitrogens is 3. The van der Waals surface area contributed by atoms with Gasteiger partial charge in [0.2, 0.25) is 10.0 Å². The minimum atomic E-state index is -5.08. The van der Waals surface area contributed by atoms with Crippen LogP contribution in [-0.4, -0.2) is 58.2 Å². The van der Waals surface area contributed by atoms with Gasteiger partial charge in [-0.15, -0.1) is 5.10 Å². The lowest BCUT2D eigenvalue weighted by atomic mass is 9.89. The van der Waals surface area contributed by atoms with Crippen LogP contribution in [0.15, 0.2) is 53.3 Å². The molecule has 1 heterocycles. The number of hydrogen-bond acceptors (Lipinski definition) is 6. The maximum absolute atomic E-state index is 13.7. The van der Waals surface area contributed by atoms with Gasteiger partial charge in [-0.3, -0.25) is 9.36 Å². The van der Waals surface area contributed by atoms with E-state index in [0.29, 0.717) is 9.25 Å². The van der Waals surface area contributed by atoms with Gasteiger partial charge >= 0.3 is 18.0 Å². The van der Waals surface area contributed by atoms with Gasteiger partial charge in [0.25, 0.3) is 0 Å². The van der Waals surface area contributed by atoms with Crippen molar-refractivity contribution in [1.82, 2.24) is 19.1 Å². The van der Waals surface area contributed by atoms with Crippen molar-refractivity contribution in [3.63, 3.8) is 0 Å². The molecule has 3 rings (SSSR count). The highest BCUT2D eigenvalue weighted by Crippen LogP contribution is 2.36. The predicted octanol–water partition coefficient (Wildman–Crippen LogP) is 3.99. The third-order valence-corrected chi connectivity index (χ3v) is 7.81. The van der Waals surface area contributed by atoms with E-state index in [-0.39, 0.29) is 27.7 Å². The Morgan fingerprint density at radius 3 is 2.26 bits per heavy atom. The van der Waals surface area contributed by atoms with Crippen molar-refractivity contribution in [2.75, 3.05) is 12.3 Å². The summed E-state index contributed by atoms with van der Waals surface area (Å²) in [6, 6.07) is 9.71. The van der Waals surface area contributed by atoms with Gasteiger partial charge in [-0.2, -0.15) is 26.3 Å². The number of nitrogens with zero attached hydrogens (tertiary/aromatic N) is 3. The molecule has 0 amide bonds. The summed E-state index contributed by atoms with van der Waals surface area (Å²) in [5.74, 6) is -2.89. The molecule has 2 N–H and O–H groups in total. The van der Waals surface area contributed by atoms with E-state index >= 15 is 0 Å². The Morgan fingerprint density at radius 2 is 1.69 bits per heavy atom. The van der Waals surface area contributed by atoms with Crippen molar-refractivity contribution < 1.29 is 44.7 Å². The highest BCUT2D eigenvalue weighted by atomic mass is 35.5. The molecule has 9 nitrogen and oxygen atoms in total. The number of aliphatic hydroxyl groups excluding tert-OH is 1. The lowest BCUT2D eigenvalue weighted by Crippen LogP contribution is -2.37. The molecule has 0 radical (unpaired) electrons. The van der Waals surface area contributed by atoms with Crippen molar-refractivity contribution in [2.45, 2.75) is 50.8 Å². The molecule has 42 heavy (non-hydrogen) atoms. The Bertz CT molecular complexity index is 1570. The predicted molar refractivity (Wildman–Crippen MR) is 140 cm³/mol. The average Bonchev–Trinajstić information content (AvgIpc) is 3.20. The fourth-order valence-electron chi connectivity index (χ4n) is 4.04. The number of carbonyl (C=O) groups excluding carboxylic acids is 1. The maximum atomic E-state index is 13.7. The molecule has 0 fully saturated rings. The zero-order valence-electron chi connectivity index (χ0n) is 21.8. The van der Waals surface area contributed by atoms with Crippen molar-refractivity contribution in [3.8, 4) is 11.4 Å². The second kappa shape index (κ2) is 13.0. The monoisotopic (exact) mass is 642 g/mol. The molecule has 230 valence electrons. The van der Waals surface area contributed by atoms with E-state index in [4.69, 9.17) is 11.6 Å². The first-order chi connectivity index (χ1) is 19.4. The molecule has 0 aliphatic rings. The van der Waals surface area contributed by atoms with Crippen LogP contribution in [0.5, 0.6) is 0 Å². The van der Waals surface area contributed by atoms with E-state index in [9.17, 15) is 49.5 Å². The summed E-state index contributed by atoms with van der Waals surface area (Å²) in [4.78, 5) is 26.1. The molecule has 1 aromatic heterocycles. The number of hydrogen-bond donors (Lipinski definition) is 2.